The maximum atomic E-state index is 4.39. The van der Waals surface area contributed by atoms with Crippen molar-refractivity contribution >= 4 is 11.8 Å². The highest BCUT2D eigenvalue weighted by molar-refractivity contribution is 5.60. The lowest BCUT2D eigenvalue weighted by atomic mass is 10.1. The van der Waals surface area contributed by atoms with Gasteiger partial charge in [0.2, 0.25) is 5.95 Å². The molecule has 0 aliphatic carbocycles. The van der Waals surface area contributed by atoms with Crippen molar-refractivity contribution in [1.29, 1.82) is 0 Å². The number of rotatable bonds is 14. The molecule has 0 saturated carbocycles. The zero-order chi connectivity index (χ0) is 18.5. The fourth-order valence-electron chi connectivity index (χ4n) is 3.01. The minimum atomic E-state index is 0.594. The second-order valence-corrected chi connectivity index (χ2v) is 6.80. The van der Waals surface area contributed by atoms with E-state index in [9.17, 15) is 0 Å². The van der Waals surface area contributed by atoms with E-state index in [0.29, 0.717) is 5.95 Å². The van der Waals surface area contributed by atoms with E-state index < -0.39 is 0 Å². The first kappa shape index (κ1) is 20.2. The standard InChI is InChI=1S/C20H34N6/c1-3-4-5-6-7-8-9-10-11-12-14-22-18-16-17(13-15-23-18)19-24-20(21-2)26-25-19/h13,15-16H,3-12,14H2,1-2H3,(H,22,23)(H2,21,24,25,26). The van der Waals surface area contributed by atoms with E-state index in [1.54, 1.807) is 13.2 Å². The van der Waals surface area contributed by atoms with Crippen LogP contribution in [-0.2, 0) is 0 Å². The Bertz CT molecular complexity index is 610. The van der Waals surface area contributed by atoms with Gasteiger partial charge in [-0.25, -0.2) is 4.98 Å². The van der Waals surface area contributed by atoms with Crippen molar-refractivity contribution in [3.63, 3.8) is 0 Å². The van der Waals surface area contributed by atoms with Gasteiger partial charge in [-0.05, 0) is 18.6 Å². The zero-order valence-corrected chi connectivity index (χ0v) is 16.4. The van der Waals surface area contributed by atoms with E-state index >= 15 is 0 Å². The summed E-state index contributed by atoms with van der Waals surface area (Å²) in [6.07, 6.45) is 15.4. The molecule has 0 aliphatic rings. The predicted molar refractivity (Wildman–Crippen MR) is 109 cm³/mol. The van der Waals surface area contributed by atoms with Crippen molar-refractivity contribution in [2.45, 2.75) is 71.1 Å². The van der Waals surface area contributed by atoms with Crippen molar-refractivity contribution in [1.82, 2.24) is 20.2 Å². The van der Waals surface area contributed by atoms with Crippen LogP contribution in [-0.4, -0.2) is 33.8 Å². The second-order valence-electron chi connectivity index (χ2n) is 6.80. The smallest absolute Gasteiger partial charge is 0.242 e. The van der Waals surface area contributed by atoms with Gasteiger partial charge in [0, 0.05) is 25.4 Å². The van der Waals surface area contributed by atoms with Gasteiger partial charge in [-0.1, -0.05) is 64.7 Å². The van der Waals surface area contributed by atoms with Gasteiger partial charge in [0.25, 0.3) is 0 Å². The quantitative estimate of drug-likeness (QED) is 0.402. The highest BCUT2D eigenvalue weighted by Gasteiger charge is 2.05. The Morgan fingerprint density at radius 1 is 0.962 bits per heavy atom. The second kappa shape index (κ2) is 12.3. The van der Waals surface area contributed by atoms with Crippen LogP contribution in [0.5, 0.6) is 0 Å². The topological polar surface area (TPSA) is 78.5 Å². The molecule has 6 nitrogen and oxygen atoms in total. The van der Waals surface area contributed by atoms with Crippen molar-refractivity contribution in [3.8, 4) is 11.4 Å². The monoisotopic (exact) mass is 358 g/mol. The number of anilines is 2. The largest absolute Gasteiger partial charge is 0.370 e. The molecule has 0 amide bonds. The third-order valence-corrected chi connectivity index (χ3v) is 4.58. The van der Waals surface area contributed by atoms with E-state index in [1.165, 1.54) is 64.2 Å². The molecule has 0 aromatic carbocycles. The highest BCUT2D eigenvalue weighted by Crippen LogP contribution is 2.18. The number of nitrogens with one attached hydrogen (secondary N) is 3. The highest BCUT2D eigenvalue weighted by atomic mass is 15.3. The molecule has 0 fully saturated rings. The van der Waals surface area contributed by atoms with Crippen LogP contribution in [0.2, 0.25) is 0 Å². The SMILES string of the molecule is CCCCCCCCCCCCNc1cc(-c2nc(NC)n[nH]2)ccn1. The summed E-state index contributed by atoms with van der Waals surface area (Å²) in [5.41, 5.74) is 0.986. The third kappa shape index (κ3) is 7.42. The van der Waals surface area contributed by atoms with Gasteiger partial charge in [-0.15, -0.1) is 5.10 Å². The van der Waals surface area contributed by atoms with Crippen LogP contribution in [0, 0.1) is 0 Å². The normalized spacial score (nSPS) is 10.8. The summed E-state index contributed by atoms with van der Waals surface area (Å²) in [6.45, 7) is 3.23. The first-order valence-electron chi connectivity index (χ1n) is 10.1. The number of pyridine rings is 1. The Morgan fingerprint density at radius 3 is 2.31 bits per heavy atom. The van der Waals surface area contributed by atoms with Crippen LogP contribution in [0.25, 0.3) is 11.4 Å². The molecule has 0 aliphatic heterocycles. The third-order valence-electron chi connectivity index (χ3n) is 4.58. The van der Waals surface area contributed by atoms with Gasteiger partial charge in [-0.2, -0.15) is 4.98 Å². The Kier molecular flexibility index (Phi) is 9.54. The lowest BCUT2D eigenvalue weighted by molar-refractivity contribution is 0.560. The summed E-state index contributed by atoms with van der Waals surface area (Å²) in [5, 5.41) is 13.4. The summed E-state index contributed by atoms with van der Waals surface area (Å²) in [5.74, 6) is 2.23. The molecule has 0 unspecified atom stereocenters. The van der Waals surface area contributed by atoms with E-state index in [2.05, 4.69) is 37.7 Å². The molecule has 0 spiro atoms. The lowest BCUT2D eigenvalue weighted by Gasteiger charge is -2.06. The molecular weight excluding hydrogens is 324 g/mol. The van der Waals surface area contributed by atoms with E-state index in [1.807, 2.05) is 12.1 Å². The zero-order valence-electron chi connectivity index (χ0n) is 16.4. The maximum absolute atomic E-state index is 4.39. The van der Waals surface area contributed by atoms with Gasteiger partial charge in [0.15, 0.2) is 5.82 Å². The summed E-state index contributed by atoms with van der Waals surface area (Å²) in [7, 11) is 1.80. The molecule has 0 radical (unpaired) electrons. The summed E-state index contributed by atoms with van der Waals surface area (Å²) in [6, 6.07) is 3.95. The van der Waals surface area contributed by atoms with Crippen LogP contribution in [0.15, 0.2) is 18.3 Å². The molecule has 0 bridgehead atoms. The average Bonchev–Trinajstić information content (AvgIpc) is 3.16. The molecule has 0 saturated heterocycles. The van der Waals surface area contributed by atoms with Crippen LogP contribution in [0.3, 0.4) is 0 Å². The molecule has 6 heteroatoms. The lowest BCUT2D eigenvalue weighted by Crippen LogP contribution is -2.03. The van der Waals surface area contributed by atoms with Crippen LogP contribution in [0.1, 0.15) is 71.1 Å². The van der Waals surface area contributed by atoms with Gasteiger partial charge < -0.3 is 10.6 Å². The van der Waals surface area contributed by atoms with Gasteiger partial charge in [0.05, 0.1) is 0 Å². The molecular formula is C20H34N6. The van der Waals surface area contributed by atoms with Crippen molar-refractivity contribution in [2.75, 3.05) is 24.2 Å². The van der Waals surface area contributed by atoms with Crippen molar-refractivity contribution in [2.24, 2.45) is 0 Å². The Morgan fingerprint density at radius 2 is 1.65 bits per heavy atom. The number of aromatic amines is 1. The van der Waals surface area contributed by atoms with Crippen LogP contribution >= 0.6 is 0 Å². The maximum Gasteiger partial charge on any atom is 0.242 e. The van der Waals surface area contributed by atoms with Gasteiger partial charge >= 0.3 is 0 Å². The Balaban J connectivity index is 1.58. The van der Waals surface area contributed by atoms with Gasteiger partial charge in [-0.3, -0.25) is 5.10 Å². The number of nitrogens with zero attached hydrogens (tertiary/aromatic N) is 3. The van der Waals surface area contributed by atoms with E-state index in [0.717, 1.165) is 23.8 Å². The molecule has 2 heterocycles. The van der Waals surface area contributed by atoms with E-state index in [-0.39, 0.29) is 0 Å². The summed E-state index contributed by atoms with van der Waals surface area (Å²) in [4.78, 5) is 8.75. The number of H-pyrrole nitrogens is 1. The molecule has 2 rings (SSSR count). The molecule has 2 aromatic rings. The minimum absolute atomic E-state index is 0.594. The van der Waals surface area contributed by atoms with E-state index in [4.69, 9.17) is 0 Å². The molecule has 3 N–H and O–H groups in total. The summed E-state index contributed by atoms with van der Waals surface area (Å²) < 4.78 is 0. The first-order valence-corrected chi connectivity index (χ1v) is 10.1. The van der Waals surface area contributed by atoms with Crippen LogP contribution in [0.4, 0.5) is 11.8 Å². The number of aromatic nitrogens is 4. The molecule has 26 heavy (non-hydrogen) atoms. The molecule has 144 valence electrons. The Hall–Kier alpha value is -2.11. The molecule has 2 aromatic heterocycles. The van der Waals surface area contributed by atoms with Crippen molar-refractivity contribution < 1.29 is 0 Å². The molecule has 0 atom stereocenters. The minimum Gasteiger partial charge on any atom is -0.370 e. The Labute approximate surface area is 157 Å². The average molecular weight is 359 g/mol. The fraction of sp³-hybridized carbons (Fsp3) is 0.650. The predicted octanol–water partition coefficient (Wildman–Crippen LogP) is 5.24. The number of unbranched alkanes of at least 4 members (excludes halogenated alkanes) is 9. The van der Waals surface area contributed by atoms with Gasteiger partial charge in [0.1, 0.15) is 5.82 Å². The number of hydrogen-bond acceptors (Lipinski definition) is 5. The van der Waals surface area contributed by atoms with Crippen LogP contribution < -0.4 is 10.6 Å². The van der Waals surface area contributed by atoms with Crippen molar-refractivity contribution in [3.05, 3.63) is 18.3 Å². The number of hydrogen-bond donors (Lipinski definition) is 3. The summed E-state index contributed by atoms with van der Waals surface area (Å²) >= 11 is 0. The first-order chi connectivity index (χ1) is 12.8. The fourth-order valence-corrected chi connectivity index (χ4v) is 3.01.